The Balaban J connectivity index is 2.66. The fourth-order valence-electron chi connectivity index (χ4n) is 0.806. The molecule has 0 unspecified atom stereocenters. The van der Waals surface area contributed by atoms with Gasteiger partial charge in [0.15, 0.2) is 0 Å². The summed E-state index contributed by atoms with van der Waals surface area (Å²) in [5.41, 5.74) is 0.794. The van der Waals surface area contributed by atoms with E-state index >= 15 is 0 Å². The maximum absolute atomic E-state index is 5.88. The lowest BCUT2D eigenvalue weighted by molar-refractivity contribution is 0.353. The lowest BCUT2D eigenvalue weighted by Crippen LogP contribution is -2.01. The maximum atomic E-state index is 5.88. The standard InChI is InChI=1S/C10H9Cl3O/c1-7(5-11)6-14-10-4-8(12)2-3-9(10)13/h2-4H,1,5-6H2. The van der Waals surface area contributed by atoms with Gasteiger partial charge in [-0.25, -0.2) is 0 Å². The van der Waals surface area contributed by atoms with Gasteiger partial charge in [-0.15, -0.1) is 11.6 Å². The molecule has 4 heteroatoms. The van der Waals surface area contributed by atoms with Crippen LogP contribution < -0.4 is 4.74 Å². The molecule has 0 spiro atoms. The summed E-state index contributed by atoms with van der Waals surface area (Å²) in [6.07, 6.45) is 0. The quantitative estimate of drug-likeness (QED) is 0.576. The highest BCUT2D eigenvalue weighted by molar-refractivity contribution is 6.34. The van der Waals surface area contributed by atoms with E-state index in [0.717, 1.165) is 5.57 Å². The molecule has 1 aromatic carbocycles. The van der Waals surface area contributed by atoms with Crippen LogP contribution in [0.1, 0.15) is 0 Å². The van der Waals surface area contributed by atoms with Crippen molar-refractivity contribution in [2.75, 3.05) is 12.5 Å². The molecular formula is C10H9Cl3O. The highest BCUT2D eigenvalue weighted by Gasteiger charge is 2.02. The van der Waals surface area contributed by atoms with Crippen molar-refractivity contribution in [2.45, 2.75) is 0 Å². The average molecular weight is 252 g/mol. The van der Waals surface area contributed by atoms with E-state index in [1.54, 1.807) is 18.2 Å². The predicted octanol–water partition coefficient (Wildman–Crippen LogP) is 4.17. The van der Waals surface area contributed by atoms with Gasteiger partial charge in [0, 0.05) is 17.0 Å². The van der Waals surface area contributed by atoms with E-state index in [1.165, 1.54) is 0 Å². The predicted molar refractivity (Wildman–Crippen MR) is 61.8 cm³/mol. The van der Waals surface area contributed by atoms with E-state index in [2.05, 4.69) is 6.58 Å². The average Bonchev–Trinajstić information content (AvgIpc) is 2.19. The summed E-state index contributed by atoms with van der Waals surface area (Å²) in [7, 11) is 0. The first kappa shape index (κ1) is 11.7. The first-order valence-electron chi connectivity index (χ1n) is 3.94. The second-order valence-corrected chi connectivity index (χ2v) is 3.86. The molecule has 0 fully saturated rings. The molecule has 1 aromatic rings. The molecule has 0 bridgehead atoms. The Morgan fingerprint density at radius 1 is 1.36 bits per heavy atom. The topological polar surface area (TPSA) is 9.23 Å². The Labute approximate surface area is 98.2 Å². The van der Waals surface area contributed by atoms with Crippen LogP contribution in [-0.2, 0) is 0 Å². The smallest absolute Gasteiger partial charge is 0.139 e. The summed E-state index contributed by atoms with van der Waals surface area (Å²) in [5, 5.41) is 1.11. The van der Waals surface area contributed by atoms with Crippen molar-refractivity contribution < 1.29 is 4.74 Å². The molecule has 0 aromatic heterocycles. The Morgan fingerprint density at radius 2 is 2.07 bits per heavy atom. The van der Waals surface area contributed by atoms with E-state index < -0.39 is 0 Å². The zero-order chi connectivity index (χ0) is 10.6. The van der Waals surface area contributed by atoms with Crippen LogP contribution in [0.15, 0.2) is 30.4 Å². The molecule has 0 saturated heterocycles. The van der Waals surface area contributed by atoms with Gasteiger partial charge in [0.25, 0.3) is 0 Å². The molecule has 1 rings (SSSR count). The molecule has 1 nitrogen and oxygen atoms in total. The summed E-state index contributed by atoms with van der Waals surface area (Å²) < 4.78 is 5.37. The molecular weight excluding hydrogens is 242 g/mol. The van der Waals surface area contributed by atoms with Gasteiger partial charge in [-0.05, 0) is 17.7 Å². The van der Waals surface area contributed by atoms with Crippen molar-refractivity contribution in [2.24, 2.45) is 0 Å². The maximum Gasteiger partial charge on any atom is 0.139 e. The number of hydrogen-bond donors (Lipinski definition) is 0. The first-order valence-corrected chi connectivity index (χ1v) is 5.23. The molecule has 0 heterocycles. The lowest BCUT2D eigenvalue weighted by Gasteiger charge is -2.08. The van der Waals surface area contributed by atoms with Gasteiger partial charge in [0.1, 0.15) is 12.4 Å². The zero-order valence-electron chi connectivity index (χ0n) is 7.40. The van der Waals surface area contributed by atoms with Crippen molar-refractivity contribution in [1.82, 2.24) is 0 Å². The van der Waals surface area contributed by atoms with Gasteiger partial charge in [-0.3, -0.25) is 0 Å². The van der Waals surface area contributed by atoms with Gasteiger partial charge in [-0.1, -0.05) is 29.8 Å². The number of ether oxygens (including phenoxy) is 1. The van der Waals surface area contributed by atoms with Gasteiger partial charge in [-0.2, -0.15) is 0 Å². The summed E-state index contributed by atoms with van der Waals surface area (Å²) >= 11 is 17.2. The van der Waals surface area contributed by atoms with Gasteiger partial charge in [0.2, 0.25) is 0 Å². The summed E-state index contributed by atoms with van der Waals surface area (Å²) in [4.78, 5) is 0. The Morgan fingerprint density at radius 3 is 2.71 bits per heavy atom. The van der Waals surface area contributed by atoms with E-state index in [0.29, 0.717) is 28.3 Å². The van der Waals surface area contributed by atoms with E-state index in [9.17, 15) is 0 Å². The SMILES string of the molecule is C=C(CCl)COc1cc(Cl)ccc1Cl. The van der Waals surface area contributed by atoms with E-state index in [1.807, 2.05) is 0 Å². The molecule has 0 radical (unpaired) electrons. The fourth-order valence-corrected chi connectivity index (χ4v) is 1.22. The summed E-state index contributed by atoms with van der Waals surface area (Å²) in [6, 6.07) is 5.04. The Hall–Kier alpha value is -0.370. The minimum Gasteiger partial charge on any atom is -0.488 e. The van der Waals surface area contributed by atoms with Gasteiger partial charge in [0.05, 0.1) is 5.02 Å². The number of hydrogen-bond acceptors (Lipinski definition) is 1. The van der Waals surface area contributed by atoms with Crippen LogP contribution in [0, 0.1) is 0 Å². The van der Waals surface area contributed by atoms with Crippen molar-refractivity contribution in [1.29, 1.82) is 0 Å². The van der Waals surface area contributed by atoms with Crippen molar-refractivity contribution >= 4 is 34.8 Å². The lowest BCUT2D eigenvalue weighted by atomic mass is 10.3. The van der Waals surface area contributed by atoms with Crippen LogP contribution in [-0.4, -0.2) is 12.5 Å². The fraction of sp³-hybridized carbons (Fsp3) is 0.200. The molecule has 0 N–H and O–H groups in total. The Kier molecular flexibility index (Phi) is 4.59. The Bertz CT molecular complexity index is 336. The van der Waals surface area contributed by atoms with Crippen LogP contribution in [0.2, 0.25) is 10.0 Å². The summed E-state index contributed by atoms with van der Waals surface area (Å²) in [6.45, 7) is 4.06. The highest BCUT2D eigenvalue weighted by atomic mass is 35.5. The normalized spacial score (nSPS) is 9.93. The third-order valence-electron chi connectivity index (χ3n) is 1.51. The second-order valence-electron chi connectivity index (χ2n) is 2.75. The molecule has 0 aliphatic carbocycles. The number of halogens is 3. The monoisotopic (exact) mass is 250 g/mol. The minimum absolute atomic E-state index is 0.351. The molecule has 14 heavy (non-hydrogen) atoms. The van der Waals surface area contributed by atoms with Crippen molar-refractivity contribution in [3.05, 3.63) is 40.4 Å². The first-order chi connectivity index (χ1) is 6.63. The largest absolute Gasteiger partial charge is 0.488 e. The van der Waals surface area contributed by atoms with Crippen molar-refractivity contribution in [3.63, 3.8) is 0 Å². The van der Waals surface area contributed by atoms with E-state index in [-0.39, 0.29) is 0 Å². The van der Waals surface area contributed by atoms with Crippen LogP contribution in [0.5, 0.6) is 5.75 Å². The zero-order valence-corrected chi connectivity index (χ0v) is 9.66. The van der Waals surface area contributed by atoms with Crippen LogP contribution in [0.25, 0.3) is 0 Å². The number of benzene rings is 1. The van der Waals surface area contributed by atoms with Crippen molar-refractivity contribution in [3.8, 4) is 5.75 Å². The third kappa shape index (κ3) is 3.41. The molecule has 76 valence electrons. The second kappa shape index (κ2) is 5.50. The van der Waals surface area contributed by atoms with Crippen LogP contribution in [0.3, 0.4) is 0 Å². The number of alkyl halides is 1. The molecule has 0 aliphatic rings. The number of rotatable bonds is 4. The van der Waals surface area contributed by atoms with Crippen LogP contribution in [0.4, 0.5) is 0 Å². The highest BCUT2D eigenvalue weighted by Crippen LogP contribution is 2.27. The summed E-state index contributed by atoms with van der Waals surface area (Å²) in [5.74, 6) is 0.920. The van der Waals surface area contributed by atoms with Gasteiger partial charge >= 0.3 is 0 Å². The molecule has 0 saturated carbocycles. The molecule has 0 amide bonds. The van der Waals surface area contributed by atoms with Gasteiger partial charge < -0.3 is 4.74 Å². The van der Waals surface area contributed by atoms with E-state index in [4.69, 9.17) is 39.5 Å². The minimum atomic E-state index is 0.351. The molecule has 0 aliphatic heterocycles. The molecule has 0 atom stereocenters. The van der Waals surface area contributed by atoms with Crippen LogP contribution >= 0.6 is 34.8 Å². The third-order valence-corrected chi connectivity index (χ3v) is 2.44.